The lowest BCUT2D eigenvalue weighted by atomic mass is 9.85. The van der Waals surface area contributed by atoms with Crippen LogP contribution >= 0.6 is 23.2 Å². The normalized spacial score (nSPS) is 15.4. The first-order chi connectivity index (χ1) is 16.1. The van der Waals surface area contributed by atoms with E-state index in [9.17, 15) is 42.7 Å². The van der Waals surface area contributed by atoms with Crippen LogP contribution in [0.5, 0.6) is 5.75 Å². The number of carbonyl (C=O) groups excluding carboxylic acids is 1. The number of aromatic carboxylic acids is 1. The summed E-state index contributed by atoms with van der Waals surface area (Å²) in [5.74, 6) is -4.30. The molecule has 0 amide bonds. The fourth-order valence-electron chi connectivity index (χ4n) is 3.58. The summed E-state index contributed by atoms with van der Waals surface area (Å²) in [6.07, 6.45) is 2.32. The second-order valence-electron chi connectivity index (χ2n) is 7.55. The molecule has 0 unspecified atom stereocenters. The Kier molecular flexibility index (Phi) is 6.96. The van der Waals surface area contributed by atoms with Crippen molar-refractivity contribution in [3.8, 4) is 5.75 Å². The van der Waals surface area contributed by atoms with Crippen molar-refractivity contribution in [1.29, 1.82) is 0 Å². The summed E-state index contributed by atoms with van der Waals surface area (Å²) in [7, 11) is -4.83. The highest BCUT2D eigenvalue weighted by Crippen LogP contribution is 2.43. The second kappa shape index (κ2) is 9.31. The van der Waals surface area contributed by atoms with E-state index in [2.05, 4.69) is 0 Å². The largest absolute Gasteiger partial charge is 0.507 e. The predicted octanol–water partition coefficient (Wildman–Crippen LogP) is 4.29. The molecule has 0 saturated carbocycles. The molecule has 1 aliphatic rings. The van der Waals surface area contributed by atoms with Gasteiger partial charge < -0.3 is 15.3 Å². The zero-order valence-corrected chi connectivity index (χ0v) is 20.3. The Morgan fingerprint density at radius 2 is 1.60 bits per heavy atom. The summed E-state index contributed by atoms with van der Waals surface area (Å²) in [5, 5.41) is 28.6. The molecular formula is C23H16Cl2O9S. The fraction of sp³-hybridized carbons (Fsp3) is 0.0870. The van der Waals surface area contributed by atoms with Crippen LogP contribution in [0.3, 0.4) is 0 Å². The van der Waals surface area contributed by atoms with Gasteiger partial charge in [-0.25, -0.2) is 9.59 Å². The summed E-state index contributed by atoms with van der Waals surface area (Å²) in [5.41, 5.74) is -1.10. The number of aliphatic carboxylic acids is 1. The van der Waals surface area contributed by atoms with Crippen LogP contribution < -0.4 is 0 Å². The Balaban J connectivity index is 2.59. The van der Waals surface area contributed by atoms with Crippen LogP contribution in [0.15, 0.2) is 58.0 Å². The van der Waals surface area contributed by atoms with Gasteiger partial charge in [-0.3, -0.25) is 9.35 Å². The maximum absolute atomic E-state index is 12.4. The molecular weight excluding hydrogens is 523 g/mol. The van der Waals surface area contributed by atoms with Crippen molar-refractivity contribution < 1.29 is 42.7 Å². The lowest BCUT2D eigenvalue weighted by Gasteiger charge is -2.20. The maximum Gasteiger partial charge on any atom is 0.339 e. The monoisotopic (exact) mass is 538 g/mol. The van der Waals surface area contributed by atoms with Crippen molar-refractivity contribution in [2.45, 2.75) is 18.7 Å². The lowest BCUT2D eigenvalue weighted by Crippen LogP contribution is -2.17. The average molecular weight is 539 g/mol. The van der Waals surface area contributed by atoms with Gasteiger partial charge in [-0.2, -0.15) is 8.42 Å². The van der Waals surface area contributed by atoms with E-state index in [1.807, 2.05) is 0 Å². The highest BCUT2D eigenvalue weighted by molar-refractivity contribution is 7.86. The fourth-order valence-corrected chi connectivity index (χ4v) is 5.00. The van der Waals surface area contributed by atoms with Gasteiger partial charge in [0.25, 0.3) is 10.1 Å². The topological polar surface area (TPSA) is 166 Å². The number of aromatic hydroxyl groups is 1. The van der Waals surface area contributed by atoms with Crippen molar-refractivity contribution in [3.05, 3.63) is 85.4 Å². The Labute approximate surface area is 209 Å². The van der Waals surface area contributed by atoms with E-state index in [-0.39, 0.29) is 38.4 Å². The van der Waals surface area contributed by atoms with E-state index in [0.29, 0.717) is 0 Å². The van der Waals surface area contributed by atoms with Crippen molar-refractivity contribution in [3.63, 3.8) is 0 Å². The number of carbonyl (C=O) groups is 3. The number of rotatable bonds is 5. The molecule has 1 aliphatic carbocycles. The molecule has 12 heteroatoms. The predicted molar refractivity (Wildman–Crippen MR) is 127 cm³/mol. The molecule has 2 aromatic rings. The lowest BCUT2D eigenvalue weighted by molar-refractivity contribution is -0.134. The number of carboxylic acid groups (broad SMARTS) is 2. The van der Waals surface area contributed by atoms with Gasteiger partial charge in [0.2, 0.25) is 0 Å². The number of Topliss-reactive ketones (excluding diaryl/α,β-unsaturated/α-hetero) is 1. The summed E-state index contributed by atoms with van der Waals surface area (Å²) < 4.78 is 33.4. The summed E-state index contributed by atoms with van der Waals surface area (Å²) >= 11 is 12.7. The quantitative estimate of drug-likeness (QED) is 0.320. The maximum atomic E-state index is 12.4. The third-order valence-electron chi connectivity index (χ3n) is 5.20. The van der Waals surface area contributed by atoms with Crippen molar-refractivity contribution in [2.24, 2.45) is 0 Å². The van der Waals surface area contributed by atoms with Crippen LogP contribution in [0, 0.1) is 6.92 Å². The molecule has 0 spiro atoms. The molecule has 0 aromatic heterocycles. The highest BCUT2D eigenvalue weighted by atomic mass is 35.5. The van der Waals surface area contributed by atoms with Gasteiger partial charge in [0, 0.05) is 5.56 Å². The first kappa shape index (κ1) is 26.2. The number of halogens is 2. The number of aryl methyl sites for hydroxylation is 1. The van der Waals surface area contributed by atoms with E-state index in [0.717, 1.165) is 24.3 Å². The van der Waals surface area contributed by atoms with E-state index in [1.54, 1.807) is 0 Å². The molecule has 9 nitrogen and oxygen atoms in total. The Morgan fingerprint density at radius 1 is 0.971 bits per heavy atom. The number of benzene rings is 2. The molecule has 35 heavy (non-hydrogen) atoms. The summed E-state index contributed by atoms with van der Waals surface area (Å²) in [6, 6.07) is 4.50. The molecule has 0 aliphatic heterocycles. The number of carboxylic acids is 2. The third-order valence-corrected chi connectivity index (χ3v) is 6.91. The van der Waals surface area contributed by atoms with E-state index in [4.69, 9.17) is 23.2 Å². The van der Waals surface area contributed by atoms with Crippen LogP contribution in [0.1, 0.15) is 34.0 Å². The van der Waals surface area contributed by atoms with Crippen LogP contribution in [-0.2, 0) is 19.7 Å². The molecule has 3 rings (SSSR count). The first-order valence-electron chi connectivity index (χ1n) is 9.60. The molecule has 182 valence electrons. The molecule has 4 N–H and O–H groups in total. The molecule has 0 atom stereocenters. The number of hydrogen-bond donors (Lipinski definition) is 4. The van der Waals surface area contributed by atoms with Gasteiger partial charge in [-0.05, 0) is 78.1 Å². The van der Waals surface area contributed by atoms with Crippen LogP contribution in [0.25, 0.3) is 5.57 Å². The average Bonchev–Trinajstić information content (AvgIpc) is 2.73. The van der Waals surface area contributed by atoms with Gasteiger partial charge in [0.1, 0.15) is 21.8 Å². The van der Waals surface area contributed by atoms with Crippen molar-refractivity contribution >= 4 is 56.6 Å². The van der Waals surface area contributed by atoms with E-state index < -0.39 is 54.6 Å². The Bertz CT molecular complexity index is 1530. The van der Waals surface area contributed by atoms with Gasteiger partial charge >= 0.3 is 11.9 Å². The van der Waals surface area contributed by atoms with Crippen LogP contribution in [0.4, 0.5) is 0 Å². The van der Waals surface area contributed by atoms with E-state index >= 15 is 0 Å². The standard InChI is InChI=1S/C23H16Cl2O9S/c1-9-5-11(7-13(20(9)26)22(28)29)17(12-6-10(2)21(27)14(8-12)23(30)31)18-15(24)3-4-16(19(18)25)35(32,33)34/h3-8,26H,1-2H3,(H,28,29)(H,30,31)(H,32,33,34)/b17-12-. The minimum Gasteiger partial charge on any atom is -0.507 e. The molecule has 2 aromatic carbocycles. The number of ketones is 1. The third kappa shape index (κ3) is 4.87. The van der Waals surface area contributed by atoms with E-state index in [1.165, 1.54) is 26.0 Å². The molecule has 0 saturated heterocycles. The van der Waals surface area contributed by atoms with Crippen LogP contribution in [0.2, 0.25) is 10.0 Å². The second-order valence-corrected chi connectivity index (χ2v) is 9.73. The molecule has 0 fully saturated rings. The van der Waals surface area contributed by atoms with Crippen molar-refractivity contribution in [2.75, 3.05) is 0 Å². The zero-order valence-electron chi connectivity index (χ0n) is 18.0. The first-order valence-corrected chi connectivity index (χ1v) is 11.8. The van der Waals surface area contributed by atoms with Crippen LogP contribution in [-0.4, -0.2) is 46.0 Å². The number of phenols is 1. The van der Waals surface area contributed by atoms with Gasteiger partial charge in [-0.15, -0.1) is 0 Å². The molecule has 0 bridgehead atoms. The molecule has 0 heterocycles. The smallest absolute Gasteiger partial charge is 0.339 e. The number of hydrogen-bond acceptors (Lipinski definition) is 6. The Morgan fingerprint density at radius 3 is 2.14 bits per heavy atom. The van der Waals surface area contributed by atoms with Gasteiger partial charge in [0.05, 0.1) is 10.0 Å². The SMILES string of the molecule is CC1=C/C(=C(\c2cc(C)c(O)c(C(=O)O)c2)c2c(Cl)ccc(S(=O)(=O)O)c2Cl)C=C(C(=O)O)C1=O. The van der Waals surface area contributed by atoms with Gasteiger partial charge in [0.15, 0.2) is 5.78 Å². The van der Waals surface area contributed by atoms with Gasteiger partial charge in [-0.1, -0.05) is 23.2 Å². The number of allylic oxidation sites excluding steroid dienone is 4. The summed E-state index contributed by atoms with van der Waals surface area (Å²) in [4.78, 5) is 35.1. The zero-order chi connectivity index (χ0) is 26.4. The summed E-state index contributed by atoms with van der Waals surface area (Å²) in [6.45, 7) is 2.77. The highest BCUT2D eigenvalue weighted by Gasteiger charge is 2.29. The minimum atomic E-state index is -4.83. The molecule has 0 radical (unpaired) electrons. The minimum absolute atomic E-state index is 0.0181. The van der Waals surface area contributed by atoms with Crippen molar-refractivity contribution in [1.82, 2.24) is 0 Å². The Hall–Kier alpha value is -3.44.